The van der Waals surface area contributed by atoms with E-state index in [0.717, 1.165) is 17.3 Å². The molecule has 0 unspecified atom stereocenters. The van der Waals surface area contributed by atoms with Gasteiger partial charge >= 0.3 is 0 Å². The highest BCUT2D eigenvalue weighted by atomic mass is 16.5. The number of carbonyl (C=O) groups is 1. The quantitative estimate of drug-likeness (QED) is 0.416. The van der Waals surface area contributed by atoms with E-state index >= 15 is 0 Å². The average Bonchev–Trinajstić information content (AvgIpc) is 2.68. The van der Waals surface area contributed by atoms with E-state index in [4.69, 9.17) is 9.47 Å². The van der Waals surface area contributed by atoms with Crippen molar-refractivity contribution < 1.29 is 14.3 Å². The fourth-order valence-corrected chi connectivity index (χ4v) is 2.75. The van der Waals surface area contributed by atoms with E-state index in [1.54, 1.807) is 20.2 Å². The first-order valence-electron chi connectivity index (χ1n) is 9.07. The fourth-order valence-electron chi connectivity index (χ4n) is 2.75. The summed E-state index contributed by atoms with van der Waals surface area (Å²) < 4.78 is 11.2. The molecule has 2 N–H and O–H groups in total. The number of carbonyl (C=O) groups excluding carboxylic acids is 1. The van der Waals surface area contributed by atoms with Gasteiger partial charge in [0.05, 0.1) is 13.7 Å². The maximum absolute atomic E-state index is 11.1. The van der Waals surface area contributed by atoms with Crippen LogP contribution >= 0.6 is 0 Å². The molecule has 7 nitrogen and oxygen atoms in total. The first-order chi connectivity index (χ1) is 13.5. The second kappa shape index (κ2) is 10.8. The topological polar surface area (TPSA) is 75.2 Å². The van der Waals surface area contributed by atoms with Crippen LogP contribution in [0, 0.1) is 0 Å². The van der Waals surface area contributed by atoms with Crippen LogP contribution in [0.2, 0.25) is 0 Å². The van der Waals surface area contributed by atoms with Gasteiger partial charge in [-0.05, 0) is 18.2 Å². The van der Waals surface area contributed by atoms with Gasteiger partial charge in [-0.25, -0.2) is 0 Å². The molecule has 2 aromatic rings. The third-order valence-corrected chi connectivity index (χ3v) is 3.98. The summed E-state index contributed by atoms with van der Waals surface area (Å²) >= 11 is 0. The zero-order valence-electron chi connectivity index (χ0n) is 16.9. The maximum Gasteiger partial charge on any atom is 0.221 e. The Labute approximate surface area is 166 Å². The second-order valence-electron chi connectivity index (χ2n) is 6.20. The number of amides is 1. The van der Waals surface area contributed by atoms with Gasteiger partial charge < -0.3 is 25.0 Å². The Bertz CT molecular complexity index is 808. The number of benzene rings is 2. The third-order valence-electron chi connectivity index (χ3n) is 3.98. The van der Waals surface area contributed by atoms with Crippen LogP contribution in [0.4, 0.5) is 5.69 Å². The minimum atomic E-state index is -0.110. The van der Waals surface area contributed by atoms with Gasteiger partial charge in [0.25, 0.3) is 0 Å². The molecule has 150 valence electrons. The van der Waals surface area contributed by atoms with Gasteiger partial charge in [0.1, 0.15) is 18.1 Å². The summed E-state index contributed by atoms with van der Waals surface area (Å²) in [6.45, 7) is 3.20. The number of guanidine groups is 1. The van der Waals surface area contributed by atoms with Crippen LogP contribution in [0.25, 0.3) is 0 Å². The monoisotopic (exact) mass is 384 g/mol. The van der Waals surface area contributed by atoms with Crippen LogP contribution in [-0.2, 0) is 11.3 Å². The number of hydrogen-bond donors (Lipinski definition) is 2. The van der Waals surface area contributed by atoms with Crippen LogP contribution in [0.15, 0.2) is 53.5 Å². The number of rotatable bonds is 8. The summed E-state index contributed by atoms with van der Waals surface area (Å²) in [4.78, 5) is 17.5. The molecule has 2 aromatic carbocycles. The minimum absolute atomic E-state index is 0.110. The molecule has 0 spiro atoms. The standard InChI is InChI=1S/C21H28N4O3/c1-16(26)24-18-9-7-10-19(14-18)28-13-12-23-21(22-2)25(3)15-17-8-5-6-11-20(17)27-4/h5-11,14H,12-13,15H2,1-4H3,(H,22,23)(H,24,26). The summed E-state index contributed by atoms with van der Waals surface area (Å²) in [5, 5.41) is 6.02. The molecule has 2 rings (SSSR count). The van der Waals surface area contributed by atoms with Crippen molar-refractivity contribution in [2.45, 2.75) is 13.5 Å². The van der Waals surface area contributed by atoms with E-state index in [2.05, 4.69) is 15.6 Å². The highest BCUT2D eigenvalue weighted by Gasteiger charge is 2.09. The van der Waals surface area contributed by atoms with Crippen molar-refractivity contribution in [1.29, 1.82) is 0 Å². The summed E-state index contributed by atoms with van der Waals surface area (Å²) in [5.41, 5.74) is 1.80. The van der Waals surface area contributed by atoms with E-state index in [1.807, 2.05) is 54.4 Å². The largest absolute Gasteiger partial charge is 0.496 e. The molecule has 0 bridgehead atoms. The van der Waals surface area contributed by atoms with Gasteiger partial charge in [0, 0.05) is 44.9 Å². The first-order valence-corrected chi connectivity index (χ1v) is 9.07. The Morgan fingerprint density at radius 1 is 1.18 bits per heavy atom. The van der Waals surface area contributed by atoms with Crippen LogP contribution in [0.5, 0.6) is 11.5 Å². The van der Waals surface area contributed by atoms with E-state index in [9.17, 15) is 4.79 Å². The zero-order chi connectivity index (χ0) is 20.4. The molecule has 0 aromatic heterocycles. The van der Waals surface area contributed by atoms with E-state index in [0.29, 0.717) is 31.1 Å². The number of anilines is 1. The molecule has 28 heavy (non-hydrogen) atoms. The van der Waals surface area contributed by atoms with Crippen molar-refractivity contribution in [3.8, 4) is 11.5 Å². The Balaban J connectivity index is 1.83. The smallest absolute Gasteiger partial charge is 0.221 e. The molecule has 0 aliphatic carbocycles. The van der Waals surface area contributed by atoms with Crippen molar-refractivity contribution in [3.63, 3.8) is 0 Å². The molecule has 0 saturated carbocycles. The van der Waals surface area contributed by atoms with E-state index in [-0.39, 0.29) is 5.91 Å². The maximum atomic E-state index is 11.1. The molecule has 0 heterocycles. The lowest BCUT2D eigenvalue weighted by Gasteiger charge is -2.23. The Morgan fingerprint density at radius 3 is 2.68 bits per heavy atom. The molecule has 7 heteroatoms. The molecule has 0 fully saturated rings. The molecule has 0 aliphatic heterocycles. The lowest BCUT2D eigenvalue weighted by atomic mass is 10.2. The van der Waals surface area contributed by atoms with Crippen molar-refractivity contribution in [3.05, 3.63) is 54.1 Å². The lowest BCUT2D eigenvalue weighted by Crippen LogP contribution is -2.40. The summed E-state index contributed by atoms with van der Waals surface area (Å²) in [7, 11) is 5.39. The number of methoxy groups -OCH3 is 1. The molecule has 0 saturated heterocycles. The Hall–Kier alpha value is -3.22. The normalized spacial score (nSPS) is 10.9. The van der Waals surface area contributed by atoms with Crippen molar-refractivity contribution in [2.24, 2.45) is 4.99 Å². The van der Waals surface area contributed by atoms with Crippen molar-refractivity contribution in [2.75, 3.05) is 39.7 Å². The van der Waals surface area contributed by atoms with Gasteiger partial charge in [-0.2, -0.15) is 0 Å². The first kappa shape index (κ1) is 21.1. The Morgan fingerprint density at radius 2 is 1.96 bits per heavy atom. The molecule has 0 radical (unpaired) electrons. The highest BCUT2D eigenvalue weighted by molar-refractivity contribution is 5.88. The SMILES string of the molecule is CN=C(NCCOc1cccc(NC(C)=O)c1)N(C)Cc1ccccc1OC. The van der Waals surface area contributed by atoms with Crippen LogP contribution in [0.3, 0.4) is 0 Å². The number of para-hydroxylation sites is 1. The van der Waals surface area contributed by atoms with Gasteiger partial charge in [-0.1, -0.05) is 24.3 Å². The second-order valence-corrected chi connectivity index (χ2v) is 6.20. The molecule has 1 amide bonds. The zero-order valence-corrected chi connectivity index (χ0v) is 16.9. The van der Waals surface area contributed by atoms with Crippen LogP contribution in [0.1, 0.15) is 12.5 Å². The number of aliphatic imine (C=N–C) groups is 1. The van der Waals surface area contributed by atoms with Gasteiger partial charge in [0.2, 0.25) is 5.91 Å². The minimum Gasteiger partial charge on any atom is -0.496 e. The van der Waals surface area contributed by atoms with Gasteiger partial charge in [0.15, 0.2) is 5.96 Å². The summed E-state index contributed by atoms with van der Waals surface area (Å²) in [6, 6.07) is 15.2. The van der Waals surface area contributed by atoms with Crippen molar-refractivity contribution >= 4 is 17.6 Å². The predicted octanol–water partition coefficient (Wildman–Crippen LogP) is 2.74. The van der Waals surface area contributed by atoms with Gasteiger partial charge in [-0.15, -0.1) is 0 Å². The van der Waals surface area contributed by atoms with E-state index < -0.39 is 0 Å². The fraction of sp³-hybridized carbons (Fsp3) is 0.333. The number of nitrogens with one attached hydrogen (secondary N) is 2. The number of nitrogens with zero attached hydrogens (tertiary/aromatic N) is 2. The molecule has 0 atom stereocenters. The summed E-state index contributed by atoms with van der Waals surface area (Å²) in [6.07, 6.45) is 0. The predicted molar refractivity (Wildman–Crippen MR) is 112 cm³/mol. The Kier molecular flexibility index (Phi) is 8.14. The average molecular weight is 384 g/mol. The van der Waals surface area contributed by atoms with Crippen LogP contribution in [-0.4, -0.2) is 51.1 Å². The number of ether oxygens (including phenoxy) is 2. The molecule has 0 aliphatic rings. The summed E-state index contributed by atoms with van der Waals surface area (Å²) in [5.74, 6) is 2.21. The molecular weight excluding hydrogens is 356 g/mol. The molecular formula is C21H28N4O3. The van der Waals surface area contributed by atoms with Crippen molar-refractivity contribution in [1.82, 2.24) is 10.2 Å². The number of hydrogen-bond acceptors (Lipinski definition) is 4. The van der Waals surface area contributed by atoms with E-state index in [1.165, 1.54) is 6.92 Å². The van der Waals surface area contributed by atoms with Gasteiger partial charge in [-0.3, -0.25) is 9.79 Å². The third kappa shape index (κ3) is 6.50. The lowest BCUT2D eigenvalue weighted by molar-refractivity contribution is -0.114. The highest BCUT2D eigenvalue weighted by Crippen LogP contribution is 2.19. The van der Waals surface area contributed by atoms with Crippen LogP contribution < -0.4 is 20.1 Å².